The highest BCUT2D eigenvalue weighted by Crippen LogP contribution is 2.19. The standard InChI is InChI=1S/C22H23N3O/c26-22(15-17-7-8-19-5-1-2-6-20(19)13-17)24-16-18-9-10-23-21(14-18)25-11-3-4-12-25/h1-2,5-10,13-14H,3-4,11-12,15-16H2,(H,24,26). The lowest BCUT2D eigenvalue weighted by molar-refractivity contribution is -0.120. The van der Waals surface area contributed by atoms with Gasteiger partial charge in [-0.25, -0.2) is 4.98 Å². The number of nitrogens with zero attached hydrogens (tertiary/aromatic N) is 2. The molecule has 2 aromatic carbocycles. The number of rotatable bonds is 5. The molecule has 1 fully saturated rings. The molecule has 0 unspecified atom stereocenters. The minimum atomic E-state index is 0.0415. The quantitative estimate of drug-likeness (QED) is 0.767. The van der Waals surface area contributed by atoms with Gasteiger partial charge in [0.2, 0.25) is 5.91 Å². The molecule has 0 bridgehead atoms. The number of benzene rings is 2. The second-order valence-corrected chi connectivity index (χ2v) is 6.85. The molecule has 0 saturated carbocycles. The molecule has 2 heterocycles. The van der Waals surface area contributed by atoms with Gasteiger partial charge >= 0.3 is 0 Å². The first-order valence-corrected chi connectivity index (χ1v) is 9.22. The monoisotopic (exact) mass is 345 g/mol. The molecule has 0 aliphatic carbocycles. The van der Waals surface area contributed by atoms with Crippen LogP contribution in [-0.4, -0.2) is 24.0 Å². The van der Waals surface area contributed by atoms with Gasteiger partial charge in [-0.3, -0.25) is 4.79 Å². The fourth-order valence-corrected chi connectivity index (χ4v) is 3.49. The smallest absolute Gasteiger partial charge is 0.224 e. The first-order valence-electron chi connectivity index (χ1n) is 9.22. The van der Waals surface area contributed by atoms with Crippen molar-refractivity contribution in [3.63, 3.8) is 0 Å². The molecule has 1 aliphatic heterocycles. The van der Waals surface area contributed by atoms with E-state index in [1.807, 2.05) is 30.5 Å². The molecule has 132 valence electrons. The van der Waals surface area contributed by atoms with Crippen LogP contribution in [0.3, 0.4) is 0 Å². The Balaban J connectivity index is 1.36. The van der Waals surface area contributed by atoms with E-state index in [1.165, 1.54) is 23.6 Å². The predicted molar refractivity (Wildman–Crippen MR) is 105 cm³/mol. The molecule has 1 saturated heterocycles. The minimum Gasteiger partial charge on any atom is -0.357 e. The van der Waals surface area contributed by atoms with Crippen LogP contribution in [0.25, 0.3) is 10.8 Å². The van der Waals surface area contributed by atoms with Crippen molar-refractivity contribution in [2.24, 2.45) is 0 Å². The zero-order valence-corrected chi connectivity index (χ0v) is 14.8. The summed E-state index contributed by atoms with van der Waals surface area (Å²) in [5.41, 5.74) is 2.13. The zero-order chi connectivity index (χ0) is 17.8. The Kier molecular flexibility index (Phi) is 4.82. The lowest BCUT2D eigenvalue weighted by Crippen LogP contribution is -2.25. The van der Waals surface area contributed by atoms with Crippen LogP contribution in [0, 0.1) is 0 Å². The number of pyridine rings is 1. The maximum atomic E-state index is 12.3. The summed E-state index contributed by atoms with van der Waals surface area (Å²) in [6.07, 6.45) is 4.69. The van der Waals surface area contributed by atoms with E-state index in [1.54, 1.807) is 0 Å². The van der Waals surface area contributed by atoms with Crippen molar-refractivity contribution >= 4 is 22.5 Å². The van der Waals surface area contributed by atoms with Gasteiger partial charge < -0.3 is 10.2 Å². The van der Waals surface area contributed by atoms with Gasteiger partial charge in [0.05, 0.1) is 6.42 Å². The first-order chi connectivity index (χ1) is 12.8. The molecule has 4 heteroatoms. The van der Waals surface area contributed by atoms with Crippen molar-refractivity contribution in [2.75, 3.05) is 18.0 Å². The van der Waals surface area contributed by atoms with E-state index in [9.17, 15) is 4.79 Å². The van der Waals surface area contributed by atoms with Crippen molar-refractivity contribution in [1.29, 1.82) is 0 Å². The zero-order valence-electron chi connectivity index (χ0n) is 14.8. The number of amides is 1. The van der Waals surface area contributed by atoms with Gasteiger partial charge in [-0.15, -0.1) is 0 Å². The Morgan fingerprint density at radius 3 is 2.62 bits per heavy atom. The predicted octanol–water partition coefficient (Wildman–Crippen LogP) is 3.69. The molecule has 1 N–H and O–H groups in total. The van der Waals surface area contributed by atoms with E-state index in [4.69, 9.17) is 0 Å². The van der Waals surface area contributed by atoms with E-state index in [0.29, 0.717) is 13.0 Å². The van der Waals surface area contributed by atoms with E-state index >= 15 is 0 Å². The third-order valence-corrected chi connectivity index (χ3v) is 4.91. The maximum Gasteiger partial charge on any atom is 0.224 e. The van der Waals surface area contributed by atoms with E-state index in [0.717, 1.165) is 30.0 Å². The summed E-state index contributed by atoms with van der Waals surface area (Å²) in [6, 6.07) is 18.5. The van der Waals surface area contributed by atoms with Crippen LogP contribution in [0.4, 0.5) is 5.82 Å². The normalized spacial score (nSPS) is 13.9. The average molecular weight is 345 g/mol. The summed E-state index contributed by atoms with van der Waals surface area (Å²) >= 11 is 0. The number of nitrogens with one attached hydrogen (secondary N) is 1. The Morgan fingerprint density at radius 2 is 1.77 bits per heavy atom. The number of fused-ring (bicyclic) bond motifs is 1. The summed E-state index contributed by atoms with van der Waals surface area (Å²) in [4.78, 5) is 19.1. The largest absolute Gasteiger partial charge is 0.357 e. The molecule has 0 spiro atoms. The first kappa shape index (κ1) is 16.6. The maximum absolute atomic E-state index is 12.3. The number of anilines is 1. The molecule has 4 nitrogen and oxygen atoms in total. The van der Waals surface area contributed by atoms with E-state index in [-0.39, 0.29) is 5.91 Å². The van der Waals surface area contributed by atoms with Crippen LogP contribution < -0.4 is 10.2 Å². The summed E-state index contributed by atoms with van der Waals surface area (Å²) in [6.45, 7) is 2.69. The van der Waals surface area contributed by atoms with E-state index < -0.39 is 0 Å². The molecule has 3 aromatic rings. The Hall–Kier alpha value is -2.88. The lowest BCUT2D eigenvalue weighted by atomic mass is 10.0. The van der Waals surface area contributed by atoms with Gasteiger partial charge in [-0.2, -0.15) is 0 Å². The van der Waals surface area contributed by atoms with Crippen molar-refractivity contribution < 1.29 is 4.79 Å². The highest BCUT2D eigenvalue weighted by Gasteiger charge is 2.13. The van der Waals surface area contributed by atoms with Crippen LogP contribution in [0.2, 0.25) is 0 Å². The SMILES string of the molecule is O=C(Cc1ccc2ccccc2c1)NCc1ccnc(N2CCCC2)c1. The second kappa shape index (κ2) is 7.56. The van der Waals surface area contributed by atoms with Crippen LogP contribution >= 0.6 is 0 Å². The average Bonchev–Trinajstić information content (AvgIpc) is 3.21. The summed E-state index contributed by atoms with van der Waals surface area (Å²) in [5.74, 6) is 1.06. The molecule has 1 amide bonds. The van der Waals surface area contributed by atoms with Crippen molar-refractivity contribution in [2.45, 2.75) is 25.8 Å². The van der Waals surface area contributed by atoms with Gasteiger partial charge in [0.25, 0.3) is 0 Å². The van der Waals surface area contributed by atoms with Crippen molar-refractivity contribution in [3.05, 3.63) is 71.9 Å². The van der Waals surface area contributed by atoms with Crippen molar-refractivity contribution in [1.82, 2.24) is 10.3 Å². The highest BCUT2D eigenvalue weighted by molar-refractivity contribution is 5.85. The van der Waals surface area contributed by atoms with Crippen molar-refractivity contribution in [3.8, 4) is 0 Å². The minimum absolute atomic E-state index is 0.0415. The summed E-state index contributed by atoms with van der Waals surface area (Å²) in [7, 11) is 0. The Morgan fingerprint density at radius 1 is 0.962 bits per heavy atom. The van der Waals surface area contributed by atoms with Crippen LogP contribution in [-0.2, 0) is 17.8 Å². The number of carbonyl (C=O) groups excluding carboxylic acids is 1. The highest BCUT2D eigenvalue weighted by atomic mass is 16.1. The summed E-state index contributed by atoms with van der Waals surface area (Å²) < 4.78 is 0. The number of hydrogen-bond donors (Lipinski definition) is 1. The number of carbonyl (C=O) groups is 1. The fourth-order valence-electron chi connectivity index (χ4n) is 3.49. The lowest BCUT2D eigenvalue weighted by Gasteiger charge is -2.17. The summed E-state index contributed by atoms with van der Waals surface area (Å²) in [5, 5.41) is 5.39. The van der Waals surface area contributed by atoms with Gasteiger partial charge in [-0.05, 0) is 46.9 Å². The van der Waals surface area contributed by atoms with Gasteiger partial charge in [0.1, 0.15) is 5.82 Å². The topological polar surface area (TPSA) is 45.2 Å². The van der Waals surface area contributed by atoms with Crippen LogP contribution in [0.15, 0.2) is 60.8 Å². The molecule has 0 radical (unpaired) electrons. The Bertz CT molecular complexity index is 916. The van der Waals surface area contributed by atoms with Crippen LogP contribution in [0.5, 0.6) is 0 Å². The number of hydrogen-bond acceptors (Lipinski definition) is 3. The molecule has 1 aliphatic rings. The number of aromatic nitrogens is 1. The van der Waals surface area contributed by atoms with Gasteiger partial charge in [0.15, 0.2) is 0 Å². The molecule has 4 rings (SSSR count). The third kappa shape index (κ3) is 3.85. The molecule has 0 atom stereocenters. The molecular weight excluding hydrogens is 322 g/mol. The Labute approximate surface area is 153 Å². The van der Waals surface area contributed by atoms with E-state index in [2.05, 4.69) is 45.5 Å². The molecular formula is C22H23N3O. The molecule has 1 aromatic heterocycles. The van der Waals surface area contributed by atoms with Crippen LogP contribution in [0.1, 0.15) is 24.0 Å². The second-order valence-electron chi connectivity index (χ2n) is 6.85. The third-order valence-electron chi connectivity index (χ3n) is 4.91. The molecule has 26 heavy (non-hydrogen) atoms. The van der Waals surface area contributed by atoms with Gasteiger partial charge in [0, 0.05) is 25.8 Å². The fraction of sp³-hybridized carbons (Fsp3) is 0.273. The van der Waals surface area contributed by atoms with Gasteiger partial charge in [-0.1, -0.05) is 42.5 Å².